The fourth-order valence-electron chi connectivity index (χ4n) is 2.87. The minimum atomic E-state index is -0.781. The van der Waals surface area contributed by atoms with Crippen LogP contribution >= 0.6 is 0 Å². The molecule has 1 saturated carbocycles. The highest BCUT2D eigenvalue weighted by Gasteiger charge is 2.34. The largest absolute Gasteiger partial charge is 0.481 e. The third-order valence-electron chi connectivity index (χ3n) is 3.91. The number of aromatic amines is 1. The van der Waals surface area contributed by atoms with E-state index in [-0.39, 0.29) is 17.7 Å². The van der Waals surface area contributed by atoms with E-state index in [0.29, 0.717) is 12.2 Å². The first kappa shape index (κ1) is 13.6. The molecule has 2 rings (SSSR count). The Morgan fingerprint density at radius 2 is 2.05 bits per heavy atom. The van der Waals surface area contributed by atoms with Crippen molar-refractivity contribution in [2.24, 2.45) is 5.41 Å². The predicted molar refractivity (Wildman–Crippen MR) is 70.9 cm³/mol. The van der Waals surface area contributed by atoms with Crippen LogP contribution < -0.4 is 5.32 Å². The molecule has 5 heteroatoms. The summed E-state index contributed by atoms with van der Waals surface area (Å²) < 4.78 is 0. The van der Waals surface area contributed by atoms with Crippen molar-refractivity contribution in [1.82, 2.24) is 10.3 Å². The molecule has 1 amide bonds. The van der Waals surface area contributed by atoms with E-state index in [4.69, 9.17) is 5.11 Å². The van der Waals surface area contributed by atoms with Gasteiger partial charge in [0, 0.05) is 12.7 Å². The molecule has 0 spiro atoms. The molecule has 1 aromatic heterocycles. The molecule has 0 atom stereocenters. The zero-order valence-corrected chi connectivity index (χ0v) is 10.9. The number of carbonyl (C=O) groups is 2. The number of nitrogens with one attached hydrogen (secondary N) is 2. The van der Waals surface area contributed by atoms with Gasteiger partial charge in [-0.3, -0.25) is 9.59 Å². The fourth-order valence-corrected chi connectivity index (χ4v) is 2.87. The maximum Gasteiger partial charge on any atom is 0.303 e. The van der Waals surface area contributed by atoms with Crippen LogP contribution in [-0.2, 0) is 4.79 Å². The van der Waals surface area contributed by atoms with Crippen LogP contribution in [0.15, 0.2) is 18.3 Å². The van der Waals surface area contributed by atoms with Gasteiger partial charge in [0.05, 0.1) is 6.42 Å². The number of amides is 1. The zero-order valence-electron chi connectivity index (χ0n) is 10.9. The van der Waals surface area contributed by atoms with Crippen LogP contribution in [0.3, 0.4) is 0 Å². The molecule has 19 heavy (non-hydrogen) atoms. The number of aliphatic carboxylic acids is 1. The average molecular weight is 264 g/mol. The lowest BCUT2D eigenvalue weighted by molar-refractivity contribution is -0.140. The topological polar surface area (TPSA) is 82.2 Å². The van der Waals surface area contributed by atoms with Crippen LogP contribution in [0.4, 0.5) is 0 Å². The summed E-state index contributed by atoms with van der Waals surface area (Å²) in [5.74, 6) is -0.948. The van der Waals surface area contributed by atoms with Gasteiger partial charge in [-0.15, -0.1) is 0 Å². The second-order valence-corrected chi connectivity index (χ2v) is 5.40. The molecule has 1 aliphatic carbocycles. The normalized spacial score (nSPS) is 17.9. The number of aromatic nitrogens is 1. The predicted octanol–water partition coefficient (Wildman–Crippen LogP) is 2.17. The molecule has 1 aromatic rings. The van der Waals surface area contributed by atoms with E-state index in [1.807, 2.05) is 0 Å². The first-order valence-electron chi connectivity index (χ1n) is 6.75. The van der Waals surface area contributed by atoms with Crippen molar-refractivity contribution >= 4 is 11.9 Å². The number of rotatable bonds is 5. The number of carboxylic acids is 1. The lowest BCUT2D eigenvalue weighted by Gasteiger charge is -2.36. The molecule has 0 aliphatic heterocycles. The highest BCUT2D eigenvalue weighted by molar-refractivity contribution is 5.92. The van der Waals surface area contributed by atoms with E-state index >= 15 is 0 Å². The Kier molecular flexibility index (Phi) is 4.24. The monoisotopic (exact) mass is 264 g/mol. The summed E-state index contributed by atoms with van der Waals surface area (Å²) in [6.07, 6.45) is 6.85. The van der Waals surface area contributed by atoms with Crippen LogP contribution in [-0.4, -0.2) is 28.5 Å². The molecule has 3 N–H and O–H groups in total. The van der Waals surface area contributed by atoms with E-state index in [0.717, 1.165) is 32.1 Å². The molecule has 0 radical (unpaired) electrons. The minimum absolute atomic E-state index is 0.137. The standard InChI is InChI=1S/C14H20N2O3/c17-12(18)9-14(6-2-1-3-7-14)10-16-13(19)11-5-4-8-15-11/h4-5,8,15H,1-3,6-7,9-10H2,(H,16,19)(H,17,18). The Morgan fingerprint density at radius 1 is 1.32 bits per heavy atom. The molecule has 0 aromatic carbocycles. The van der Waals surface area contributed by atoms with Gasteiger partial charge in [-0.1, -0.05) is 19.3 Å². The first-order chi connectivity index (χ1) is 9.11. The van der Waals surface area contributed by atoms with Gasteiger partial charge in [0.25, 0.3) is 5.91 Å². The summed E-state index contributed by atoms with van der Waals surface area (Å²) in [5, 5.41) is 11.9. The van der Waals surface area contributed by atoms with Gasteiger partial charge in [-0.05, 0) is 30.4 Å². The van der Waals surface area contributed by atoms with Crippen LogP contribution in [0.25, 0.3) is 0 Å². The highest BCUT2D eigenvalue weighted by Crippen LogP contribution is 2.38. The van der Waals surface area contributed by atoms with Crippen molar-refractivity contribution in [3.63, 3.8) is 0 Å². The van der Waals surface area contributed by atoms with Crippen molar-refractivity contribution in [3.05, 3.63) is 24.0 Å². The fraction of sp³-hybridized carbons (Fsp3) is 0.571. The van der Waals surface area contributed by atoms with Gasteiger partial charge in [0.1, 0.15) is 5.69 Å². The number of hydrogen-bond acceptors (Lipinski definition) is 2. The summed E-state index contributed by atoms with van der Waals surface area (Å²) in [6.45, 7) is 0.442. The Bertz CT molecular complexity index is 434. The number of hydrogen-bond donors (Lipinski definition) is 3. The van der Waals surface area contributed by atoms with Crippen LogP contribution in [0.5, 0.6) is 0 Å². The molecule has 5 nitrogen and oxygen atoms in total. The van der Waals surface area contributed by atoms with Crippen LogP contribution in [0.2, 0.25) is 0 Å². The lowest BCUT2D eigenvalue weighted by Crippen LogP contribution is -2.40. The van der Waals surface area contributed by atoms with Gasteiger partial charge in [-0.25, -0.2) is 0 Å². The number of H-pyrrole nitrogens is 1. The lowest BCUT2D eigenvalue weighted by atomic mass is 9.71. The van der Waals surface area contributed by atoms with E-state index in [1.54, 1.807) is 18.3 Å². The summed E-state index contributed by atoms with van der Waals surface area (Å²) >= 11 is 0. The minimum Gasteiger partial charge on any atom is -0.481 e. The highest BCUT2D eigenvalue weighted by atomic mass is 16.4. The molecular weight excluding hydrogens is 244 g/mol. The van der Waals surface area contributed by atoms with Crippen LogP contribution in [0.1, 0.15) is 49.0 Å². The van der Waals surface area contributed by atoms with Crippen molar-refractivity contribution in [1.29, 1.82) is 0 Å². The molecule has 104 valence electrons. The Hall–Kier alpha value is -1.78. The molecule has 0 saturated heterocycles. The second kappa shape index (κ2) is 5.91. The SMILES string of the molecule is O=C(O)CC1(CNC(=O)c2ccc[nH]2)CCCCC1. The van der Waals surface area contributed by atoms with Crippen molar-refractivity contribution < 1.29 is 14.7 Å². The van der Waals surface area contributed by atoms with E-state index in [1.165, 1.54) is 0 Å². The summed E-state index contributed by atoms with van der Waals surface area (Å²) in [7, 11) is 0. The van der Waals surface area contributed by atoms with E-state index in [2.05, 4.69) is 10.3 Å². The average Bonchev–Trinajstić information content (AvgIpc) is 2.90. The molecule has 0 unspecified atom stereocenters. The third kappa shape index (κ3) is 3.59. The van der Waals surface area contributed by atoms with Crippen molar-refractivity contribution in [3.8, 4) is 0 Å². The zero-order chi connectivity index (χ0) is 13.7. The van der Waals surface area contributed by atoms with Gasteiger partial charge >= 0.3 is 5.97 Å². The van der Waals surface area contributed by atoms with Gasteiger partial charge < -0.3 is 15.4 Å². The van der Waals surface area contributed by atoms with Gasteiger partial charge in [-0.2, -0.15) is 0 Å². The Labute approximate surface area is 112 Å². The maximum atomic E-state index is 11.9. The Morgan fingerprint density at radius 3 is 2.63 bits per heavy atom. The maximum absolute atomic E-state index is 11.9. The smallest absolute Gasteiger partial charge is 0.303 e. The van der Waals surface area contributed by atoms with E-state index in [9.17, 15) is 9.59 Å². The molecule has 1 fully saturated rings. The quantitative estimate of drug-likeness (QED) is 0.762. The van der Waals surface area contributed by atoms with Gasteiger partial charge in [0.2, 0.25) is 0 Å². The van der Waals surface area contributed by atoms with Crippen LogP contribution in [0, 0.1) is 5.41 Å². The van der Waals surface area contributed by atoms with Crippen molar-refractivity contribution in [2.45, 2.75) is 38.5 Å². The third-order valence-corrected chi connectivity index (χ3v) is 3.91. The van der Waals surface area contributed by atoms with Gasteiger partial charge in [0.15, 0.2) is 0 Å². The summed E-state index contributed by atoms with van der Waals surface area (Å²) in [5.41, 5.74) is 0.244. The summed E-state index contributed by atoms with van der Waals surface area (Å²) in [4.78, 5) is 25.8. The summed E-state index contributed by atoms with van der Waals surface area (Å²) in [6, 6.07) is 3.47. The molecule has 0 bridgehead atoms. The number of carboxylic acid groups (broad SMARTS) is 1. The number of carbonyl (C=O) groups excluding carboxylic acids is 1. The Balaban J connectivity index is 1.96. The molecule has 1 heterocycles. The molecule has 1 aliphatic rings. The van der Waals surface area contributed by atoms with Crippen molar-refractivity contribution in [2.75, 3.05) is 6.54 Å². The molecular formula is C14H20N2O3. The van der Waals surface area contributed by atoms with E-state index < -0.39 is 5.97 Å². The second-order valence-electron chi connectivity index (χ2n) is 5.40. The first-order valence-corrected chi connectivity index (χ1v) is 6.75.